The maximum absolute atomic E-state index is 12.9. The Balaban J connectivity index is 1.74. The molecule has 158 valence electrons. The highest BCUT2D eigenvalue weighted by Gasteiger charge is 2.12. The summed E-state index contributed by atoms with van der Waals surface area (Å²) >= 11 is 1.13. The molecule has 0 saturated carbocycles. The van der Waals surface area contributed by atoms with Crippen molar-refractivity contribution in [2.24, 2.45) is 0 Å². The molecule has 0 aliphatic carbocycles. The first-order valence-electron chi connectivity index (χ1n) is 9.88. The molecule has 2 aromatic carbocycles. The van der Waals surface area contributed by atoms with Gasteiger partial charge in [0.2, 0.25) is 4.96 Å². The van der Waals surface area contributed by atoms with E-state index >= 15 is 0 Å². The third-order valence-corrected chi connectivity index (χ3v) is 5.61. The molecule has 0 amide bonds. The van der Waals surface area contributed by atoms with Gasteiger partial charge in [0.05, 0.1) is 18.2 Å². The van der Waals surface area contributed by atoms with Gasteiger partial charge in [0.15, 0.2) is 0 Å². The van der Waals surface area contributed by atoms with Crippen LogP contribution in [0.25, 0.3) is 11.0 Å². The molecule has 2 heterocycles. The number of aromatic nitrogens is 3. The highest BCUT2D eigenvalue weighted by atomic mass is 32.1. The highest BCUT2D eigenvalue weighted by molar-refractivity contribution is 7.15. The maximum atomic E-state index is 12.9. The van der Waals surface area contributed by atoms with Crippen molar-refractivity contribution in [3.63, 3.8) is 0 Å². The molecule has 0 atom stereocenters. The van der Waals surface area contributed by atoms with Crippen LogP contribution in [-0.2, 0) is 6.42 Å². The lowest BCUT2D eigenvalue weighted by atomic mass is 10.1. The van der Waals surface area contributed by atoms with E-state index in [-0.39, 0.29) is 22.6 Å². The third-order valence-electron chi connectivity index (χ3n) is 4.65. The normalized spacial score (nSPS) is 11.7. The van der Waals surface area contributed by atoms with Crippen molar-refractivity contribution in [3.8, 4) is 11.5 Å². The molecule has 0 fully saturated rings. The highest BCUT2D eigenvalue weighted by Crippen LogP contribution is 2.19. The number of thiazole rings is 1. The Labute approximate surface area is 182 Å². The van der Waals surface area contributed by atoms with Crippen molar-refractivity contribution < 1.29 is 9.47 Å². The molecule has 0 saturated heterocycles. The van der Waals surface area contributed by atoms with Gasteiger partial charge in [0, 0.05) is 12.0 Å². The van der Waals surface area contributed by atoms with E-state index < -0.39 is 5.56 Å². The SMILES string of the molecule is CCCOc1ccccc1/C=c1/sc2nc(=O)c(Cc3ccc(OC)cc3)nn2c1=O. The first kappa shape index (κ1) is 20.7. The van der Waals surface area contributed by atoms with Gasteiger partial charge in [-0.05, 0) is 36.3 Å². The van der Waals surface area contributed by atoms with Gasteiger partial charge < -0.3 is 9.47 Å². The van der Waals surface area contributed by atoms with Crippen LogP contribution in [0.4, 0.5) is 0 Å². The van der Waals surface area contributed by atoms with E-state index in [0.29, 0.717) is 16.9 Å². The second-order valence-corrected chi connectivity index (χ2v) is 7.89. The van der Waals surface area contributed by atoms with Gasteiger partial charge in [-0.15, -0.1) is 0 Å². The van der Waals surface area contributed by atoms with Crippen LogP contribution >= 0.6 is 11.3 Å². The van der Waals surface area contributed by atoms with Crippen molar-refractivity contribution in [3.05, 3.63) is 90.6 Å². The fraction of sp³-hybridized carbons (Fsp3) is 0.217. The van der Waals surface area contributed by atoms with Crippen molar-refractivity contribution in [2.75, 3.05) is 13.7 Å². The lowest BCUT2D eigenvalue weighted by Crippen LogP contribution is -2.28. The zero-order chi connectivity index (χ0) is 21.8. The van der Waals surface area contributed by atoms with E-state index in [4.69, 9.17) is 9.47 Å². The summed E-state index contributed by atoms with van der Waals surface area (Å²) in [5, 5.41) is 4.30. The molecule has 0 N–H and O–H groups in total. The van der Waals surface area contributed by atoms with E-state index in [1.165, 1.54) is 4.52 Å². The molecule has 0 spiro atoms. The number of hydrogen-bond acceptors (Lipinski definition) is 7. The van der Waals surface area contributed by atoms with Crippen LogP contribution in [0.1, 0.15) is 30.2 Å². The first-order chi connectivity index (χ1) is 15.1. The van der Waals surface area contributed by atoms with Crippen molar-refractivity contribution in [1.29, 1.82) is 0 Å². The topological polar surface area (TPSA) is 82.8 Å². The van der Waals surface area contributed by atoms with Gasteiger partial charge in [0.25, 0.3) is 11.1 Å². The largest absolute Gasteiger partial charge is 0.497 e. The summed E-state index contributed by atoms with van der Waals surface area (Å²) in [6, 6.07) is 14.9. The molecule has 8 heteroatoms. The molecular formula is C23H21N3O4S. The zero-order valence-electron chi connectivity index (χ0n) is 17.2. The van der Waals surface area contributed by atoms with Crippen LogP contribution in [0, 0.1) is 0 Å². The number of para-hydroxylation sites is 1. The molecule has 2 aromatic heterocycles. The minimum Gasteiger partial charge on any atom is -0.497 e. The van der Waals surface area contributed by atoms with E-state index in [2.05, 4.69) is 10.1 Å². The molecule has 31 heavy (non-hydrogen) atoms. The molecule has 0 aliphatic rings. The van der Waals surface area contributed by atoms with E-state index in [1.54, 1.807) is 13.2 Å². The Morgan fingerprint density at radius 2 is 1.87 bits per heavy atom. The number of benzene rings is 2. The molecule has 0 aliphatic heterocycles. The molecule has 4 rings (SSSR count). The number of ether oxygens (including phenoxy) is 2. The lowest BCUT2D eigenvalue weighted by molar-refractivity contribution is 0.317. The van der Waals surface area contributed by atoms with Gasteiger partial charge in [-0.3, -0.25) is 9.59 Å². The first-order valence-corrected chi connectivity index (χ1v) is 10.7. The fourth-order valence-corrected chi connectivity index (χ4v) is 3.97. The summed E-state index contributed by atoms with van der Waals surface area (Å²) in [5.41, 5.74) is 1.14. The van der Waals surface area contributed by atoms with Crippen LogP contribution in [0.5, 0.6) is 11.5 Å². The Hall–Kier alpha value is -3.52. The van der Waals surface area contributed by atoms with Crippen LogP contribution in [0.15, 0.2) is 58.1 Å². The van der Waals surface area contributed by atoms with Crippen LogP contribution in [0.3, 0.4) is 0 Å². The zero-order valence-corrected chi connectivity index (χ0v) is 18.0. The number of methoxy groups -OCH3 is 1. The van der Waals surface area contributed by atoms with Crippen molar-refractivity contribution in [1.82, 2.24) is 14.6 Å². The van der Waals surface area contributed by atoms with Gasteiger partial charge in [-0.1, -0.05) is 48.6 Å². The third kappa shape index (κ3) is 4.49. The summed E-state index contributed by atoms with van der Waals surface area (Å²) in [6.07, 6.45) is 2.92. The van der Waals surface area contributed by atoms with Crippen LogP contribution in [0.2, 0.25) is 0 Å². The summed E-state index contributed by atoms with van der Waals surface area (Å²) in [4.78, 5) is 29.8. The molecule has 0 radical (unpaired) electrons. The lowest BCUT2D eigenvalue weighted by Gasteiger charge is -2.07. The smallest absolute Gasteiger partial charge is 0.296 e. The molecular weight excluding hydrogens is 414 g/mol. The quantitative estimate of drug-likeness (QED) is 0.444. The molecule has 0 unspecified atom stereocenters. The minimum absolute atomic E-state index is 0.218. The standard InChI is InChI=1S/C23H21N3O4S/c1-3-12-30-19-7-5-4-6-16(19)14-20-22(28)26-23(31-20)24-21(27)18(25-26)13-15-8-10-17(29-2)11-9-15/h4-11,14H,3,12-13H2,1-2H3/b20-14+. The Kier molecular flexibility index (Phi) is 6.08. The predicted molar refractivity (Wildman–Crippen MR) is 120 cm³/mol. The van der Waals surface area contributed by atoms with E-state index in [1.807, 2.05) is 55.5 Å². The minimum atomic E-state index is -0.435. The average Bonchev–Trinajstić information content (AvgIpc) is 3.08. The van der Waals surface area contributed by atoms with Crippen molar-refractivity contribution in [2.45, 2.75) is 19.8 Å². The van der Waals surface area contributed by atoms with E-state index in [9.17, 15) is 9.59 Å². The fourth-order valence-electron chi connectivity index (χ4n) is 3.07. The summed E-state index contributed by atoms with van der Waals surface area (Å²) in [7, 11) is 1.59. The molecule has 4 aromatic rings. The predicted octanol–water partition coefficient (Wildman–Crippen LogP) is 2.45. The summed E-state index contributed by atoms with van der Waals surface area (Å²) < 4.78 is 12.6. The van der Waals surface area contributed by atoms with Gasteiger partial charge in [-0.2, -0.15) is 14.6 Å². The maximum Gasteiger partial charge on any atom is 0.296 e. The summed E-state index contributed by atoms with van der Waals surface area (Å²) in [6.45, 7) is 2.62. The number of nitrogens with zero attached hydrogens (tertiary/aromatic N) is 3. The number of hydrogen-bond donors (Lipinski definition) is 0. The Bertz CT molecular complexity index is 1380. The number of rotatable bonds is 7. The van der Waals surface area contributed by atoms with Gasteiger partial charge in [-0.25, -0.2) is 0 Å². The Morgan fingerprint density at radius 1 is 1.10 bits per heavy atom. The van der Waals surface area contributed by atoms with Gasteiger partial charge >= 0.3 is 0 Å². The molecule has 0 bridgehead atoms. The second-order valence-electron chi connectivity index (χ2n) is 6.88. The Morgan fingerprint density at radius 3 is 2.61 bits per heavy atom. The van der Waals surface area contributed by atoms with E-state index in [0.717, 1.165) is 34.6 Å². The van der Waals surface area contributed by atoms with Gasteiger partial charge in [0.1, 0.15) is 17.2 Å². The number of fused-ring (bicyclic) bond motifs is 1. The van der Waals surface area contributed by atoms with Crippen LogP contribution < -0.4 is 25.1 Å². The van der Waals surface area contributed by atoms with Crippen LogP contribution in [-0.4, -0.2) is 28.3 Å². The summed E-state index contributed by atoms with van der Waals surface area (Å²) in [5.74, 6) is 1.43. The average molecular weight is 436 g/mol. The monoisotopic (exact) mass is 435 g/mol. The second kappa shape index (κ2) is 9.09. The van der Waals surface area contributed by atoms with Crippen molar-refractivity contribution >= 4 is 22.4 Å². The molecule has 7 nitrogen and oxygen atoms in total.